The van der Waals surface area contributed by atoms with E-state index < -0.39 is 0 Å². The lowest BCUT2D eigenvalue weighted by molar-refractivity contribution is 0.251. The summed E-state index contributed by atoms with van der Waals surface area (Å²) in [5.41, 5.74) is 7.59. The molecule has 0 saturated carbocycles. The SMILES string of the molecule is CN(CCC(N)C(C)(C)C)Cc1cnn(C)c1. The van der Waals surface area contributed by atoms with E-state index in [0.717, 1.165) is 19.5 Å². The Labute approximate surface area is 105 Å². The van der Waals surface area contributed by atoms with E-state index in [2.05, 4.69) is 44.0 Å². The van der Waals surface area contributed by atoms with Crippen LogP contribution >= 0.6 is 0 Å². The summed E-state index contributed by atoms with van der Waals surface area (Å²) in [4.78, 5) is 2.29. The Bertz CT molecular complexity index is 337. The van der Waals surface area contributed by atoms with Crippen LogP contribution in [-0.4, -0.2) is 34.3 Å². The van der Waals surface area contributed by atoms with Crippen molar-refractivity contribution in [2.45, 2.75) is 39.8 Å². The van der Waals surface area contributed by atoms with Gasteiger partial charge in [-0.05, 0) is 25.4 Å². The van der Waals surface area contributed by atoms with E-state index in [9.17, 15) is 0 Å². The molecular weight excluding hydrogens is 212 g/mol. The highest BCUT2D eigenvalue weighted by molar-refractivity contribution is 5.02. The van der Waals surface area contributed by atoms with Crippen LogP contribution < -0.4 is 5.73 Å². The topological polar surface area (TPSA) is 47.1 Å². The molecule has 1 aromatic rings. The minimum absolute atomic E-state index is 0.190. The fourth-order valence-corrected chi connectivity index (χ4v) is 1.74. The molecule has 0 fully saturated rings. The van der Waals surface area contributed by atoms with Gasteiger partial charge in [0.1, 0.15) is 0 Å². The van der Waals surface area contributed by atoms with Crippen molar-refractivity contribution in [2.75, 3.05) is 13.6 Å². The smallest absolute Gasteiger partial charge is 0.0534 e. The van der Waals surface area contributed by atoms with Gasteiger partial charge in [0, 0.05) is 31.4 Å². The van der Waals surface area contributed by atoms with Crippen LogP contribution in [-0.2, 0) is 13.6 Å². The molecule has 0 amide bonds. The highest BCUT2D eigenvalue weighted by Crippen LogP contribution is 2.19. The summed E-state index contributed by atoms with van der Waals surface area (Å²) in [6, 6.07) is 0.249. The minimum Gasteiger partial charge on any atom is -0.327 e. The third kappa shape index (κ3) is 4.88. The Morgan fingerprint density at radius 2 is 2.12 bits per heavy atom. The molecule has 4 heteroatoms. The molecule has 0 bridgehead atoms. The van der Waals surface area contributed by atoms with Gasteiger partial charge in [-0.2, -0.15) is 5.10 Å². The fraction of sp³-hybridized carbons (Fsp3) is 0.769. The number of aromatic nitrogens is 2. The van der Waals surface area contributed by atoms with Crippen molar-refractivity contribution in [3.05, 3.63) is 18.0 Å². The molecule has 0 aromatic carbocycles. The average Bonchev–Trinajstić information content (AvgIpc) is 2.58. The molecule has 0 aliphatic carbocycles. The first-order chi connectivity index (χ1) is 7.79. The van der Waals surface area contributed by atoms with Crippen LogP contribution in [0.25, 0.3) is 0 Å². The van der Waals surface area contributed by atoms with E-state index in [0.29, 0.717) is 0 Å². The number of nitrogens with zero attached hydrogens (tertiary/aromatic N) is 3. The van der Waals surface area contributed by atoms with Crippen LogP contribution in [0.2, 0.25) is 0 Å². The molecule has 98 valence electrons. The first-order valence-corrected chi connectivity index (χ1v) is 6.20. The third-order valence-electron chi connectivity index (χ3n) is 3.15. The summed E-state index contributed by atoms with van der Waals surface area (Å²) in [7, 11) is 4.07. The Morgan fingerprint density at radius 3 is 2.59 bits per heavy atom. The zero-order valence-corrected chi connectivity index (χ0v) is 11.8. The lowest BCUT2D eigenvalue weighted by Crippen LogP contribution is -2.37. The lowest BCUT2D eigenvalue weighted by Gasteiger charge is -2.28. The summed E-state index contributed by atoms with van der Waals surface area (Å²) in [6.07, 6.45) is 5.00. The van der Waals surface area contributed by atoms with Crippen molar-refractivity contribution in [3.8, 4) is 0 Å². The van der Waals surface area contributed by atoms with Crippen LogP contribution in [0.1, 0.15) is 32.8 Å². The van der Waals surface area contributed by atoms with Crippen molar-refractivity contribution >= 4 is 0 Å². The molecule has 17 heavy (non-hydrogen) atoms. The van der Waals surface area contributed by atoms with E-state index in [1.807, 2.05) is 17.9 Å². The number of hydrogen-bond donors (Lipinski definition) is 1. The third-order valence-corrected chi connectivity index (χ3v) is 3.15. The fourth-order valence-electron chi connectivity index (χ4n) is 1.74. The molecule has 0 radical (unpaired) electrons. The molecule has 0 aliphatic rings. The summed E-state index contributed by atoms with van der Waals surface area (Å²) in [6.45, 7) is 8.54. The minimum atomic E-state index is 0.190. The van der Waals surface area contributed by atoms with Crippen LogP contribution in [0, 0.1) is 5.41 Å². The van der Waals surface area contributed by atoms with Gasteiger partial charge in [-0.25, -0.2) is 0 Å². The number of rotatable bonds is 5. The van der Waals surface area contributed by atoms with E-state index in [1.165, 1.54) is 5.56 Å². The first kappa shape index (κ1) is 14.2. The highest BCUT2D eigenvalue weighted by atomic mass is 15.2. The van der Waals surface area contributed by atoms with Gasteiger partial charge in [0.2, 0.25) is 0 Å². The van der Waals surface area contributed by atoms with E-state index in [-0.39, 0.29) is 11.5 Å². The van der Waals surface area contributed by atoms with Gasteiger partial charge in [0.15, 0.2) is 0 Å². The molecule has 1 aromatic heterocycles. The molecule has 4 nitrogen and oxygen atoms in total. The second-order valence-electron chi connectivity index (χ2n) is 6.02. The van der Waals surface area contributed by atoms with Crippen LogP contribution in [0.5, 0.6) is 0 Å². The average molecular weight is 238 g/mol. The monoisotopic (exact) mass is 238 g/mol. The predicted octanol–water partition coefficient (Wildman–Crippen LogP) is 1.62. The Morgan fingerprint density at radius 1 is 1.47 bits per heavy atom. The van der Waals surface area contributed by atoms with Crippen molar-refractivity contribution in [2.24, 2.45) is 18.2 Å². The quantitative estimate of drug-likeness (QED) is 0.848. The largest absolute Gasteiger partial charge is 0.327 e. The van der Waals surface area contributed by atoms with E-state index >= 15 is 0 Å². The number of hydrogen-bond acceptors (Lipinski definition) is 3. The Hall–Kier alpha value is -0.870. The first-order valence-electron chi connectivity index (χ1n) is 6.20. The van der Waals surface area contributed by atoms with Crippen molar-refractivity contribution in [1.29, 1.82) is 0 Å². The van der Waals surface area contributed by atoms with Gasteiger partial charge in [0.25, 0.3) is 0 Å². The molecule has 0 aliphatic heterocycles. The predicted molar refractivity (Wildman–Crippen MR) is 71.6 cm³/mol. The van der Waals surface area contributed by atoms with Crippen LogP contribution in [0.3, 0.4) is 0 Å². The lowest BCUT2D eigenvalue weighted by atomic mass is 9.85. The zero-order chi connectivity index (χ0) is 13.1. The molecule has 1 rings (SSSR count). The van der Waals surface area contributed by atoms with Gasteiger partial charge < -0.3 is 10.6 Å². The molecule has 0 spiro atoms. The van der Waals surface area contributed by atoms with Crippen molar-refractivity contribution < 1.29 is 0 Å². The zero-order valence-electron chi connectivity index (χ0n) is 11.8. The van der Waals surface area contributed by atoms with Gasteiger partial charge in [-0.15, -0.1) is 0 Å². The van der Waals surface area contributed by atoms with Crippen molar-refractivity contribution in [3.63, 3.8) is 0 Å². The van der Waals surface area contributed by atoms with Gasteiger partial charge in [-0.3, -0.25) is 4.68 Å². The second kappa shape index (κ2) is 5.65. The van der Waals surface area contributed by atoms with Crippen molar-refractivity contribution in [1.82, 2.24) is 14.7 Å². The summed E-state index contributed by atoms with van der Waals surface area (Å²) < 4.78 is 1.84. The number of nitrogens with two attached hydrogens (primary N) is 1. The van der Waals surface area contributed by atoms with Gasteiger partial charge in [0.05, 0.1) is 6.20 Å². The summed E-state index contributed by atoms with van der Waals surface area (Å²) >= 11 is 0. The summed E-state index contributed by atoms with van der Waals surface area (Å²) in [5, 5.41) is 4.17. The molecule has 1 atom stereocenters. The van der Waals surface area contributed by atoms with Crippen LogP contribution in [0.4, 0.5) is 0 Å². The van der Waals surface area contributed by atoms with E-state index in [1.54, 1.807) is 0 Å². The second-order valence-corrected chi connectivity index (χ2v) is 6.02. The Balaban J connectivity index is 2.33. The molecular formula is C13H26N4. The standard InChI is InChI=1S/C13H26N4/c1-13(2,3)12(14)6-7-16(4)9-11-8-15-17(5)10-11/h8,10,12H,6-7,9,14H2,1-5H3. The summed E-state index contributed by atoms with van der Waals surface area (Å²) in [5.74, 6) is 0. The highest BCUT2D eigenvalue weighted by Gasteiger charge is 2.20. The van der Waals surface area contributed by atoms with E-state index in [4.69, 9.17) is 5.73 Å². The molecule has 2 N–H and O–H groups in total. The molecule has 0 saturated heterocycles. The molecule has 1 heterocycles. The number of aryl methyl sites for hydroxylation is 1. The Kier molecular flexibility index (Phi) is 4.71. The van der Waals surface area contributed by atoms with Crippen LogP contribution in [0.15, 0.2) is 12.4 Å². The van der Waals surface area contributed by atoms with Gasteiger partial charge >= 0.3 is 0 Å². The normalized spacial score (nSPS) is 14.3. The maximum atomic E-state index is 6.15. The molecule has 1 unspecified atom stereocenters. The van der Waals surface area contributed by atoms with Gasteiger partial charge in [-0.1, -0.05) is 20.8 Å². The maximum absolute atomic E-state index is 6.15. The maximum Gasteiger partial charge on any atom is 0.0534 e.